The monoisotopic (exact) mass is 306 g/mol. The van der Waals surface area contributed by atoms with Crippen LogP contribution in [0.3, 0.4) is 0 Å². The lowest BCUT2D eigenvalue weighted by Crippen LogP contribution is -2.16. The number of ether oxygens (including phenoxy) is 1. The minimum Gasteiger partial charge on any atom is -0.485 e. The van der Waals surface area contributed by atoms with Crippen LogP contribution in [0.2, 0.25) is 0 Å². The molecule has 0 aliphatic rings. The van der Waals surface area contributed by atoms with Gasteiger partial charge in [0.2, 0.25) is 0 Å². The molecule has 0 bridgehead atoms. The Kier molecular flexibility index (Phi) is 4.02. The molecule has 0 fully saturated rings. The number of benzene rings is 2. The fourth-order valence-electron chi connectivity index (χ4n) is 1.64. The first-order valence-electron chi connectivity index (χ1n) is 5.92. The minimum atomic E-state index is 0.00392. The van der Waals surface area contributed by atoms with Gasteiger partial charge < -0.3 is 4.74 Å². The van der Waals surface area contributed by atoms with Crippen LogP contribution in [0.4, 0.5) is 0 Å². The molecular weight excluding hydrogens is 292 g/mol. The van der Waals surface area contributed by atoms with Crippen LogP contribution in [0.1, 0.15) is 13.8 Å². The topological polar surface area (TPSA) is 26.3 Å². The zero-order chi connectivity index (χ0) is 13.1. The van der Waals surface area contributed by atoms with E-state index in [0.29, 0.717) is 5.75 Å². The summed E-state index contributed by atoms with van der Waals surface area (Å²) >= 11 is 3.53. The highest BCUT2D eigenvalue weighted by Gasteiger charge is 2.10. The van der Waals surface area contributed by atoms with Crippen molar-refractivity contribution in [2.24, 2.45) is 5.92 Å². The SMILES string of the molecule is CC(C)C(=O)COc1ccc2ccccc2c1Br. The van der Waals surface area contributed by atoms with Gasteiger partial charge in [-0.15, -0.1) is 0 Å². The van der Waals surface area contributed by atoms with Crippen molar-refractivity contribution in [3.63, 3.8) is 0 Å². The Hall–Kier alpha value is -1.35. The second-order valence-corrected chi connectivity index (χ2v) is 5.30. The molecule has 2 nitrogen and oxygen atoms in total. The predicted octanol–water partition coefficient (Wildman–Crippen LogP) is 4.21. The molecular formula is C15H15BrO2. The molecule has 0 aromatic heterocycles. The van der Waals surface area contributed by atoms with Crippen molar-refractivity contribution in [1.29, 1.82) is 0 Å². The number of ketones is 1. The normalized spacial score (nSPS) is 10.9. The van der Waals surface area contributed by atoms with Crippen molar-refractivity contribution < 1.29 is 9.53 Å². The standard InChI is InChI=1S/C15H15BrO2/c1-10(2)13(17)9-18-14-8-7-11-5-3-4-6-12(11)15(14)16/h3-8,10H,9H2,1-2H3. The number of carbonyl (C=O) groups is 1. The summed E-state index contributed by atoms with van der Waals surface area (Å²) in [6.07, 6.45) is 0. The molecule has 0 aliphatic heterocycles. The molecule has 0 heterocycles. The van der Waals surface area contributed by atoms with Crippen molar-refractivity contribution in [3.8, 4) is 5.75 Å². The Balaban J connectivity index is 2.24. The Bertz CT molecular complexity index is 576. The van der Waals surface area contributed by atoms with Gasteiger partial charge in [0.15, 0.2) is 5.78 Å². The molecule has 0 aliphatic carbocycles. The first-order valence-corrected chi connectivity index (χ1v) is 6.71. The first kappa shape index (κ1) is 13.1. The predicted molar refractivity (Wildman–Crippen MR) is 77.0 cm³/mol. The van der Waals surface area contributed by atoms with Gasteiger partial charge in [-0.05, 0) is 32.8 Å². The van der Waals surface area contributed by atoms with Crippen molar-refractivity contribution in [1.82, 2.24) is 0 Å². The molecule has 2 rings (SSSR count). The Morgan fingerprint density at radius 1 is 1.22 bits per heavy atom. The lowest BCUT2D eigenvalue weighted by molar-refractivity contribution is -0.123. The first-order chi connectivity index (χ1) is 8.59. The molecule has 0 unspecified atom stereocenters. The van der Waals surface area contributed by atoms with E-state index in [1.807, 2.05) is 50.2 Å². The molecule has 0 amide bonds. The Morgan fingerprint density at radius 3 is 2.67 bits per heavy atom. The van der Waals surface area contributed by atoms with Crippen molar-refractivity contribution in [2.45, 2.75) is 13.8 Å². The summed E-state index contributed by atoms with van der Waals surface area (Å²) in [5, 5.41) is 2.24. The fourth-order valence-corrected chi connectivity index (χ4v) is 2.25. The zero-order valence-corrected chi connectivity index (χ0v) is 12.0. The molecule has 0 spiro atoms. The van der Waals surface area contributed by atoms with E-state index in [2.05, 4.69) is 15.9 Å². The third-order valence-corrected chi connectivity index (χ3v) is 3.66. The van der Waals surface area contributed by atoms with Crippen LogP contribution in [0.25, 0.3) is 10.8 Å². The van der Waals surface area contributed by atoms with E-state index >= 15 is 0 Å². The smallest absolute Gasteiger partial charge is 0.172 e. The lowest BCUT2D eigenvalue weighted by atomic mass is 10.1. The van der Waals surface area contributed by atoms with Gasteiger partial charge in [0.1, 0.15) is 12.4 Å². The van der Waals surface area contributed by atoms with E-state index < -0.39 is 0 Å². The van der Waals surface area contributed by atoms with Gasteiger partial charge in [0.05, 0.1) is 4.47 Å². The van der Waals surface area contributed by atoms with Gasteiger partial charge in [-0.25, -0.2) is 0 Å². The van der Waals surface area contributed by atoms with Gasteiger partial charge in [0.25, 0.3) is 0 Å². The Morgan fingerprint density at radius 2 is 1.94 bits per heavy atom. The van der Waals surface area contributed by atoms with Crippen molar-refractivity contribution in [2.75, 3.05) is 6.61 Å². The summed E-state index contributed by atoms with van der Waals surface area (Å²) < 4.78 is 6.47. The maximum atomic E-state index is 11.6. The van der Waals surface area contributed by atoms with Gasteiger partial charge in [-0.2, -0.15) is 0 Å². The number of carbonyl (C=O) groups excluding carboxylic acids is 1. The zero-order valence-electron chi connectivity index (χ0n) is 10.4. The minimum absolute atomic E-state index is 0.00392. The molecule has 0 saturated heterocycles. The van der Waals surface area contributed by atoms with Crippen molar-refractivity contribution >= 4 is 32.5 Å². The lowest BCUT2D eigenvalue weighted by Gasteiger charge is -2.10. The van der Waals surface area contributed by atoms with Crippen LogP contribution in [0.5, 0.6) is 5.75 Å². The summed E-state index contributed by atoms with van der Waals surface area (Å²) in [7, 11) is 0. The van der Waals surface area contributed by atoms with Gasteiger partial charge in [-0.1, -0.05) is 44.2 Å². The number of hydrogen-bond donors (Lipinski definition) is 0. The second-order valence-electron chi connectivity index (χ2n) is 4.51. The van der Waals surface area contributed by atoms with E-state index in [1.54, 1.807) is 0 Å². The quantitative estimate of drug-likeness (QED) is 0.846. The van der Waals surface area contributed by atoms with E-state index in [-0.39, 0.29) is 18.3 Å². The molecule has 3 heteroatoms. The maximum Gasteiger partial charge on any atom is 0.172 e. The summed E-state index contributed by atoms with van der Waals surface area (Å²) in [5.41, 5.74) is 0. The van der Waals surface area contributed by atoms with E-state index in [0.717, 1.165) is 15.2 Å². The van der Waals surface area contributed by atoms with Gasteiger partial charge in [-0.3, -0.25) is 4.79 Å². The van der Waals surface area contributed by atoms with Crippen LogP contribution in [0.15, 0.2) is 40.9 Å². The molecule has 94 valence electrons. The highest BCUT2D eigenvalue weighted by molar-refractivity contribution is 9.10. The summed E-state index contributed by atoms with van der Waals surface area (Å²) in [4.78, 5) is 11.6. The number of rotatable bonds is 4. The summed E-state index contributed by atoms with van der Waals surface area (Å²) in [6, 6.07) is 11.9. The van der Waals surface area contributed by atoms with Crippen LogP contribution < -0.4 is 4.74 Å². The van der Waals surface area contributed by atoms with Crippen LogP contribution in [0, 0.1) is 5.92 Å². The fraction of sp³-hybridized carbons (Fsp3) is 0.267. The molecule has 2 aromatic rings. The highest BCUT2D eigenvalue weighted by Crippen LogP contribution is 2.33. The molecule has 0 N–H and O–H groups in total. The number of hydrogen-bond acceptors (Lipinski definition) is 2. The van der Waals surface area contributed by atoms with Gasteiger partial charge >= 0.3 is 0 Å². The molecule has 2 aromatic carbocycles. The van der Waals surface area contributed by atoms with Crippen LogP contribution in [-0.2, 0) is 4.79 Å². The second kappa shape index (κ2) is 5.53. The number of halogens is 1. The van der Waals surface area contributed by atoms with Crippen LogP contribution >= 0.6 is 15.9 Å². The number of fused-ring (bicyclic) bond motifs is 1. The summed E-state index contributed by atoms with van der Waals surface area (Å²) in [6.45, 7) is 3.87. The molecule has 0 radical (unpaired) electrons. The largest absolute Gasteiger partial charge is 0.485 e. The third-order valence-electron chi connectivity index (χ3n) is 2.84. The molecule has 0 atom stereocenters. The van der Waals surface area contributed by atoms with E-state index in [1.165, 1.54) is 0 Å². The van der Waals surface area contributed by atoms with E-state index in [9.17, 15) is 4.79 Å². The third kappa shape index (κ3) is 2.72. The van der Waals surface area contributed by atoms with Crippen LogP contribution in [-0.4, -0.2) is 12.4 Å². The Labute approximate surface area is 115 Å². The molecule has 18 heavy (non-hydrogen) atoms. The number of Topliss-reactive ketones (excluding diaryl/α,β-unsaturated/α-hetero) is 1. The summed E-state index contributed by atoms with van der Waals surface area (Å²) in [5.74, 6) is 0.821. The maximum absolute atomic E-state index is 11.6. The highest BCUT2D eigenvalue weighted by atomic mass is 79.9. The molecule has 0 saturated carbocycles. The average molecular weight is 307 g/mol. The van der Waals surface area contributed by atoms with Gasteiger partial charge in [0, 0.05) is 5.92 Å². The van der Waals surface area contributed by atoms with E-state index in [4.69, 9.17) is 4.74 Å². The average Bonchev–Trinajstić information content (AvgIpc) is 2.38. The van der Waals surface area contributed by atoms with Crippen molar-refractivity contribution in [3.05, 3.63) is 40.9 Å².